The maximum atomic E-state index is 10.5. The molecule has 0 aliphatic carbocycles. The largest absolute Gasteiger partial charge is 0.368 e. The van der Waals surface area contributed by atoms with E-state index in [1.165, 1.54) is 0 Å². The van der Waals surface area contributed by atoms with Gasteiger partial charge in [-0.1, -0.05) is 19.4 Å². The van der Waals surface area contributed by atoms with Crippen molar-refractivity contribution < 1.29 is 14.9 Å². The predicted octanol–water partition coefficient (Wildman–Crippen LogP) is 1.75. The number of carbonyl (C=O) groups is 1. The van der Waals surface area contributed by atoms with Gasteiger partial charge >= 0.3 is 5.97 Å². The lowest BCUT2D eigenvalue weighted by Gasteiger charge is -1.93. The third kappa shape index (κ3) is 3.25. The Morgan fingerprint density at radius 1 is 1.70 bits per heavy atom. The Bertz CT molecular complexity index is 138. The van der Waals surface area contributed by atoms with Gasteiger partial charge in [0.2, 0.25) is 0 Å². The molecule has 0 atom stereocenters. The van der Waals surface area contributed by atoms with E-state index in [0.717, 1.165) is 12.8 Å². The van der Waals surface area contributed by atoms with Crippen molar-refractivity contribution in [3.63, 3.8) is 0 Å². The Hall–Kier alpha value is -0.830. The van der Waals surface area contributed by atoms with Gasteiger partial charge < -0.3 is 0 Å². The Balaban J connectivity index is 3.80. The van der Waals surface area contributed by atoms with E-state index in [-0.39, 0.29) is 0 Å². The van der Waals surface area contributed by atoms with Crippen LogP contribution in [0.2, 0.25) is 0 Å². The second-order valence-corrected chi connectivity index (χ2v) is 2.05. The fraction of sp³-hybridized carbons (Fsp3) is 0.571. The van der Waals surface area contributed by atoms with Gasteiger partial charge in [0.05, 0.1) is 0 Å². The van der Waals surface area contributed by atoms with Crippen LogP contribution >= 0.6 is 0 Å². The maximum absolute atomic E-state index is 10.5. The fourth-order valence-electron chi connectivity index (χ4n) is 0.516. The molecule has 0 heterocycles. The van der Waals surface area contributed by atoms with E-state index >= 15 is 0 Å². The summed E-state index contributed by atoms with van der Waals surface area (Å²) in [5.41, 5.74) is 0.448. The lowest BCUT2D eigenvalue weighted by Crippen LogP contribution is -2.01. The first-order valence-electron chi connectivity index (χ1n) is 3.24. The zero-order valence-corrected chi connectivity index (χ0v) is 6.26. The van der Waals surface area contributed by atoms with E-state index in [1.54, 1.807) is 13.0 Å². The summed E-state index contributed by atoms with van der Waals surface area (Å²) >= 11 is 0. The number of hydrogen-bond acceptors (Lipinski definition) is 3. The summed E-state index contributed by atoms with van der Waals surface area (Å²) in [5, 5.41) is 7.91. The van der Waals surface area contributed by atoms with Gasteiger partial charge in [-0.2, -0.15) is 5.26 Å². The third-order valence-corrected chi connectivity index (χ3v) is 1.14. The summed E-state index contributed by atoms with van der Waals surface area (Å²) in [6.45, 7) is 3.61. The first-order chi connectivity index (χ1) is 4.72. The van der Waals surface area contributed by atoms with Gasteiger partial charge in [0, 0.05) is 5.57 Å². The minimum absolute atomic E-state index is 0.448. The molecule has 3 heteroatoms. The van der Waals surface area contributed by atoms with E-state index in [9.17, 15) is 4.79 Å². The molecule has 10 heavy (non-hydrogen) atoms. The minimum atomic E-state index is -0.673. The summed E-state index contributed by atoms with van der Waals surface area (Å²) < 4.78 is 0. The van der Waals surface area contributed by atoms with Crippen LogP contribution in [0.4, 0.5) is 0 Å². The van der Waals surface area contributed by atoms with Gasteiger partial charge in [-0.05, 0) is 13.3 Å². The highest BCUT2D eigenvalue weighted by Crippen LogP contribution is 1.99. The van der Waals surface area contributed by atoms with E-state index in [4.69, 9.17) is 5.26 Å². The maximum Gasteiger partial charge on any atom is 0.368 e. The first kappa shape index (κ1) is 9.17. The Labute approximate surface area is 60.2 Å². The summed E-state index contributed by atoms with van der Waals surface area (Å²) in [6, 6.07) is 0. The van der Waals surface area contributed by atoms with Gasteiger partial charge in [0.1, 0.15) is 0 Å². The van der Waals surface area contributed by atoms with Gasteiger partial charge in [-0.3, -0.25) is 4.89 Å². The van der Waals surface area contributed by atoms with Gasteiger partial charge in [-0.15, -0.1) is 0 Å². The van der Waals surface area contributed by atoms with Crippen LogP contribution in [0.5, 0.6) is 0 Å². The van der Waals surface area contributed by atoms with Crippen LogP contribution in [0.15, 0.2) is 11.6 Å². The van der Waals surface area contributed by atoms with E-state index in [0.29, 0.717) is 5.57 Å². The molecule has 0 aromatic heterocycles. The SMILES string of the molecule is CCC/C=C(\C)C(=O)OO. The number of allylic oxidation sites excluding steroid dienone is 1. The number of unbranched alkanes of at least 4 members (excludes halogenated alkanes) is 1. The molecule has 0 aromatic carbocycles. The molecule has 0 rings (SSSR count). The monoisotopic (exact) mass is 144 g/mol. The van der Waals surface area contributed by atoms with Crippen LogP contribution in [-0.4, -0.2) is 11.2 Å². The molecular weight excluding hydrogens is 132 g/mol. The first-order valence-corrected chi connectivity index (χ1v) is 3.24. The number of carbonyl (C=O) groups excluding carboxylic acids is 1. The highest BCUT2D eigenvalue weighted by atomic mass is 17.1. The van der Waals surface area contributed by atoms with Crippen molar-refractivity contribution in [3.05, 3.63) is 11.6 Å². The van der Waals surface area contributed by atoms with E-state index in [1.807, 2.05) is 6.92 Å². The average Bonchev–Trinajstić information content (AvgIpc) is 1.98. The van der Waals surface area contributed by atoms with Crippen molar-refractivity contribution in [2.24, 2.45) is 0 Å². The second-order valence-electron chi connectivity index (χ2n) is 2.05. The smallest absolute Gasteiger partial charge is 0.296 e. The zero-order valence-electron chi connectivity index (χ0n) is 6.26. The van der Waals surface area contributed by atoms with Gasteiger partial charge in [0.25, 0.3) is 0 Å². The summed E-state index contributed by atoms with van der Waals surface area (Å²) in [7, 11) is 0. The molecule has 58 valence electrons. The standard InChI is InChI=1S/C7H12O3/c1-3-4-5-6(2)7(8)10-9/h5,9H,3-4H2,1-2H3/b6-5+. The van der Waals surface area contributed by atoms with Crippen molar-refractivity contribution in [2.45, 2.75) is 26.7 Å². The minimum Gasteiger partial charge on any atom is -0.296 e. The Morgan fingerprint density at radius 3 is 2.70 bits per heavy atom. The topological polar surface area (TPSA) is 46.5 Å². The van der Waals surface area contributed by atoms with Crippen molar-refractivity contribution in [2.75, 3.05) is 0 Å². The third-order valence-electron chi connectivity index (χ3n) is 1.14. The quantitative estimate of drug-likeness (QED) is 0.373. The van der Waals surface area contributed by atoms with Crippen molar-refractivity contribution in [1.29, 1.82) is 0 Å². The second kappa shape index (κ2) is 4.99. The van der Waals surface area contributed by atoms with Crippen molar-refractivity contribution in [1.82, 2.24) is 0 Å². The molecule has 0 unspecified atom stereocenters. The summed E-state index contributed by atoms with van der Waals surface area (Å²) in [6.07, 6.45) is 3.55. The zero-order chi connectivity index (χ0) is 7.98. The molecule has 0 amide bonds. The van der Waals surface area contributed by atoms with Crippen LogP contribution < -0.4 is 0 Å². The lowest BCUT2D eigenvalue weighted by molar-refractivity contribution is -0.229. The number of rotatable bonds is 3. The van der Waals surface area contributed by atoms with Crippen LogP contribution in [0, 0.1) is 0 Å². The molecule has 0 fully saturated rings. The number of hydrogen-bond donors (Lipinski definition) is 1. The van der Waals surface area contributed by atoms with E-state index in [2.05, 4.69) is 4.89 Å². The molecule has 0 saturated carbocycles. The molecule has 0 bridgehead atoms. The highest BCUT2D eigenvalue weighted by molar-refractivity contribution is 5.87. The van der Waals surface area contributed by atoms with E-state index < -0.39 is 5.97 Å². The van der Waals surface area contributed by atoms with Gasteiger partial charge in [0.15, 0.2) is 0 Å². The molecule has 0 radical (unpaired) electrons. The Kier molecular flexibility index (Phi) is 4.58. The van der Waals surface area contributed by atoms with Crippen molar-refractivity contribution in [3.8, 4) is 0 Å². The molecule has 0 saturated heterocycles. The Morgan fingerprint density at radius 2 is 2.30 bits per heavy atom. The molecule has 1 N–H and O–H groups in total. The lowest BCUT2D eigenvalue weighted by atomic mass is 10.2. The molecule has 0 aliphatic heterocycles. The van der Waals surface area contributed by atoms with Crippen LogP contribution in [-0.2, 0) is 9.68 Å². The molecule has 3 nitrogen and oxygen atoms in total. The molecule has 0 aliphatic rings. The summed E-state index contributed by atoms with van der Waals surface area (Å²) in [4.78, 5) is 14.0. The van der Waals surface area contributed by atoms with Crippen LogP contribution in [0.3, 0.4) is 0 Å². The average molecular weight is 144 g/mol. The molecule has 0 spiro atoms. The normalized spacial score (nSPS) is 11.3. The van der Waals surface area contributed by atoms with Crippen LogP contribution in [0.1, 0.15) is 26.7 Å². The summed E-state index contributed by atoms with van der Waals surface area (Å²) in [5.74, 6) is -0.673. The van der Waals surface area contributed by atoms with Crippen molar-refractivity contribution >= 4 is 5.97 Å². The predicted molar refractivity (Wildman–Crippen MR) is 37.4 cm³/mol. The fourth-order valence-corrected chi connectivity index (χ4v) is 0.516. The molecular formula is C7H12O3. The van der Waals surface area contributed by atoms with Gasteiger partial charge in [-0.25, -0.2) is 4.79 Å². The van der Waals surface area contributed by atoms with Crippen LogP contribution in [0.25, 0.3) is 0 Å². The molecule has 0 aromatic rings. The highest BCUT2D eigenvalue weighted by Gasteiger charge is 2.02.